The van der Waals surface area contributed by atoms with Crippen molar-refractivity contribution in [2.24, 2.45) is 0 Å². The minimum absolute atomic E-state index is 0.545. The Morgan fingerprint density at radius 1 is 1.31 bits per heavy atom. The van der Waals surface area contributed by atoms with Gasteiger partial charge in [-0.05, 0) is 59.4 Å². The molecule has 88 valence electrons. The van der Waals surface area contributed by atoms with Crippen molar-refractivity contribution in [3.63, 3.8) is 0 Å². The lowest BCUT2D eigenvalue weighted by Crippen LogP contribution is -2.43. The summed E-state index contributed by atoms with van der Waals surface area (Å²) >= 11 is 4.38. The molecule has 0 bridgehead atoms. The average molecular weight is 347 g/mol. The van der Waals surface area contributed by atoms with E-state index in [0.29, 0.717) is 4.75 Å². The molecule has 1 aliphatic rings. The summed E-state index contributed by atoms with van der Waals surface area (Å²) in [4.78, 5) is 0. The minimum Gasteiger partial charge on any atom is -0.311 e. The number of benzene rings is 1. The standard InChI is InChI=1S/C13H18INS/c1-16-13(7-2-8-13)10-15-9-11-3-5-12(14)6-4-11/h3-6,15H,2,7-10H2,1H3. The van der Waals surface area contributed by atoms with Gasteiger partial charge in [0.25, 0.3) is 0 Å². The monoisotopic (exact) mass is 347 g/mol. The fourth-order valence-electron chi connectivity index (χ4n) is 2.06. The second kappa shape index (κ2) is 5.74. The minimum atomic E-state index is 0.545. The van der Waals surface area contributed by atoms with Crippen LogP contribution in [0.3, 0.4) is 0 Å². The molecule has 1 N–H and O–H groups in total. The number of hydrogen-bond donors (Lipinski definition) is 1. The van der Waals surface area contributed by atoms with E-state index in [1.807, 2.05) is 11.8 Å². The molecule has 0 saturated heterocycles. The Labute approximate surface area is 116 Å². The van der Waals surface area contributed by atoms with Gasteiger partial charge in [-0.3, -0.25) is 0 Å². The molecular formula is C13H18INS. The Morgan fingerprint density at radius 3 is 2.50 bits per heavy atom. The first kappa shape index (κ1) is 12.7. The Kier molecular flexibility index (Phi) is 4.56. The average Bonchev–Trinajstić information content (AvgIpc) is 2.25. The van der Waals surface area contributed by atoms with Crippen LogP contribution in [0.2, 0.25) is 0 Å². The van der Waals surface area contributed by atoms with Gasteiger partial charge in [-0.25, -0.2) is 0 Å². The van der Waals surface area contributed by atoms with Crippen LogP contribution in [0.15, 0.2) is 24.3 Å². The van der Waals surface area contributed by atoms with E-state index < -0.39 is 0 Å². The zero-order chi connectivity index (χ0) is 11.4. The predicted octanol–water partition coefficient (Wildman–Crippen LogP) is 3.67. The van der Waals surface area contributed by atoms with Crippen molar-refractivity contribution in [1.29, 1.82) is 0 Å². The van der Waals surface area contributed by atoms with E-state index in [0.717, 1.165) is 13.1 Å². The van der Waals surface area contributed by atoms with Crippen LogP contribution >= 0.6 is 34.4 Å². The van der Waals surface area contributed by atoms with Gasteiger partial charge in [-0.2, -0.15) is 11.8 Å². The molecule has 16 heavy (non-hydrogen) atoms. The van der Waals surface area contributed by atoms with Crippen LogP contribution < -0.4 is 5.32 Å². The zero-order valence-corrected chi connectivity index (χ0v) is 12.6. The summed E-state index contributed by atoms with van der Waals surface area (Å²) in [6.45, 7) is 2.15. The summed E-state index contributed by atoms with van der Waals surface area (Å²) in [7, 11) is 0. The van der Waals surface area contributed by atoms with Crippen LogP contribution in [0, 0.1) is 3.57 Å². The molecule has 1 aromatic carbocycles. The van der Waals surface area contributed by atoms with Crippen LogP contribution in [0.1, 0.15) is 24.8 Å². The Morgan fingerprint density at radius 2 is 2.00 bits per heavy atom. The van der Waals surface area contributed by atoms with Crippen molar-refractivity contribution in [1.82, 2.24) is 5.32 Å². The van der Waals surface area contributed by atoms with Gasteiger partial charge in [0.2, 0.25) is 0 Å². The second-order valence-electron chi connectivity index (χ2n) is 4.47. The Bertz CT molecular complexity index is 327. The van der Waals surface area contributed by atoms with Crippen LogP contribution in [0.4, 0.5) is 0 Å². The summed E-state index contributed by atoms with van der Waals surface area (Å²) in [6.07, 6.45) is 6.42. The van der Waals surface area contributed by atoms with E-state index in [1.165, 1.54) is 28.4 Å². The van der Waals surface area contributed by atoms with E-state index in [4.69, 9.17) is 0 Å². The maximum atomic E-state index is 3.59. The third-order valence-corrected chi connectivity index (χ3v) is 5.53. The molecule has 0 heterocycles. The largest absolute Gasteiger partial charge is 0.311 e. The third kappa shape index (κ3) is 3.14. The molecular weight excluding hydrogens is 329 g/mol. The van der Waals surface area contributed by atoms with Crippen molar-refractivity contribution in [2.45, 2.75) is 30.6 Å². The zero-order valence-electron chi connectivity index (χ0n) is 9.63. The fourth-order valence-corrected chi connectivity index (χ4v) is 3.36. The molecule has 1 saturated carbocycles. The number of rotatable bonds is 5. The van der Waals surface area contributed by atoms with Crippen LogP contribution in [0.5, 0.6) is 0 Å². The predicted molar refractivity (Wildman–Crippen MR) is 81.0 cm³/mol. The lowest BCUT2D eigenvalue weighted by molar-refractivity contribution is 0.345. The SMILES string of the molecule is CSC1(CNCc2ccc(I)cc2)CCC1. The van der Waals surface area contributed by atoms with Gasteiger partial charge in [0.05, 0.1) is 0 Å². The van der Waals surface area contributed by atoms with Crippen LogP contribution in [-0.4, -0.2) is 17.5 Å². The van der Waals surface area contributed by atoms with Crippen LogP contribution in [0.25, 0.3) is 0 Å². The quantitative estimate of drug-likeness (QED) is 0.816. The molecule has 1 aromatic rings. The molecule has 0 aromatic heterocycles. The highest BCUT2D eigenvalue weighted by atomic mass is 127. The summed E-state index contributed by atoms with van der Waals surface area (Å²) in [5, 5.41) is 3.59. The van der Waals surface area contributed by atoms with Crippen molar-refractivity contribution in [3.05, 3.63) is 33.4 Å². The molecule has 1 nitrogen and oxygen atoms in total. The summed E-state index contributed by atoms with van der Waals surface area (Å²) in [6, 6.07) is 8.76. The van der Waals surface area contributed by atoms with Gasteiger partial charge in [0.1, 0.15) is 0 Å². The lowest BCUT2D eigenvalue weighted by atomic mass is 9.84. The molecule has 0 aliphatic heterocycles. The first-order valence-corrected chi connectivity index (χ1v) is 8.05. The third-order valence-electron chi connectivity index (χ3n) is 3.39. The summed E-state index contributed by atoms with van der Waals surface area (Å²) in [5.41, 5.74) is 1.39. The fraction of sp³-hybridized carbons (Fsp3) is 0.538. The van der Waals surface area contributed by atoms with Gasteiger partial charge in [0, 0.05) is 21.4 Å². The molecule has 0 atom stereocenters. The highest BCUT2D eigenvalue weighted by Crippen LogP contribution is 2.42. The lowest BCUT2D eigenvalue weighted by Gasteiger charge is -2.40. The summed E-state index contributed by atoms with van der Waals surface area (Å²) in [5.74, 6) is 0. The first-order valence-electron chi connectivity index (χ1n) is 5.74. The molecule has 1 fully saturated rings. The molecule has 0 unspecified atom stereocenters. The van der Waals surface area contributed by atoms with E-state index in [9.17, 15) is 0 Å². The molecule has 0 spiro atoms. The maximum Gasteiger partial charge on any atom is 0.0281 e. The summed E-state index contributed by atoms with van der Waals surface area (Å²) < 4.78 is 1.85. The number of thioether (sulfide) groups is 1. The van der Waals surface area contributed by atoms with E-state index in [1.54, 1.807) is 0 Å². The first-order chi connectivity index (χ1) is 7.74. The number of hydrogen-bond acceptors (Lipinski definition) is 2. The normalized spacial score (nSPS) is 18.1. The van der Waals surface area contributed by atoms with Gasteiger partial charge >= 0.3 is 0 Å². The molecule has 2 rings (SSSR count). The van der Waals surface area contributed by atoms with Gasteiger partial charge in [-0.1, -0.05) is 18.6 Å². The van der Waals surface area contributed by atoms with E-state index in [-0.39, 0.29) is 0 Å². The van der Waals surface area contributed by atoms with E-state index >= 15 is 0 Å². The molecule has 3 heteroatoms. The van der Waals surface area contributed by atoms with Crippen molar-refractivity contribution in [3.8, 4) is 0 Å². The highest BCUT2D eigenvalue weighted by molar-refractivity contribution is 14.1. The maximum absolute atomic E-state index is 3.59. The van der Waals surface area contributed by atoms with E-state index in [2.05, 4.69) is 58.4 Å². The topological polar surface area (TPSA) is 12.0 Å². The second-order valence-corrected chi connectivity index (χ2v) is 6.99. The van der Waals surface area contributed by atoms with Crippen molar-refractivity contribution < 1.29 is 0 Å². The van der Waals surface area contributed by atoms with Crippen molar-refractivity contribution in [2.75, 3.05) is 12.8 Å². The molecule has 0 amide bonds. The van der Waals surface area contributed by atoms with Gasteiger partial charge < -0.3 is 5.32 Å². The van der Waals surface area contributed by atoms with Gasteiger partial charge in [-0.15, -0.1) is 0 Å². The number of nitrogens with one attached hydrogen (secondary N) is 1. The Balaban J connectivity index is 1.77. The number of halogens is 1. The Hall–Kier alpha value is 0.260. The van der Waals surface area contributed by atoms with Crippen LogP contribution in [-0.2, 0) is 6.54 Å². The smallest absolute Gasteiger partial charge is 0.0281 e. The molecule has 1 aliphatic carbocycles. The highest BCUT2D eigenvalue weighted by Gasteiger charge is 2.35. The molecule has 0 radical (unpaired) electrons. The van der Waals surface area contributed by atoms with Gasteiger partial charge in [0.15, 0.2) is 0 Å². The van der Waals surface area contributed by atoms with Crippen molar-refractivity contribution >= 4 is 34.4 Å².